The number of fused-ring (bicyclic) bond motifs is 1. The molecule has 5 rings (SSSR count). The summed E-state index contributed by atoms with van der Waals surface area (Å²) in [7, 11) is 0. The summed E-state index contributed by atoms with van der Waals surface area (Å²) >= 11 is 6.42. The van der Waals surface area contributed by atoms with Gasteiger partial charge in [-0.1, -0.05) is 11.6 Å². The van der Waals surface area contributed by atoms with Crippen molar-refractivity contribution in [1.82, 2.24) is 10.2 Å². The fourth-order valence-electron chi connectivity index (χ4n) is 4.48. The lowest BCUT2D eigenvalue weighted by atomic mass is 10.1. The van der Waals surface area contributed by atoms with Crippen molar-refractivity contribution < 1.29 is 23.9 Å². The fraction of sp³-hybridized carbons (Fsp3) is 0.333. The number of nitrogens with zero attached hydrogens (tertiary/aromatic N) is 2. The van der Waals surface area contributed by atoms with Crippen molar-refractivity contribution in [1.29, 1.82) is 0 Å². The van der Waals surface area contributed by atoms with E-state index in [1.54, 1.807) is 18.2 Å². The van der Waals surface area contributed by atoms with Gasteiger partial charge < -0.3 is 20.3 Å². The molecule has 0 radical (unpaired) electrons. The Morgan fingerprint density at radius 2 is 1.94 bits per heavy atom. The molecule has 0 aromatic heterocycles. The van der Waals surface area contributed by atoms with E-state index < -0.39 is 11.8 Å². The number of hydrogen-bond acceptors (Lipinski definition) is 6. The zero-order chi connectivity index (χ0) is 23.8. The van der Waals surface area contributed by atoms with E-state index in [1.807, 2.05) is 4.90 Å². The number of nitrogens with one attached hydrogen (secondary N) is 2. The molecule has 2 aromatic rings. The first-order valence-corrected chi connectivity index (χ1v) is 11.5. The second-order valence-electron chi connectivity index (χ2n) is 8.51. The van der Waals surface area contributed by atoms with Crippen molar-refractivity contribution in [2.24, 2.45) is 0 Å². The summed E-state index contributed by atoms with van der Waals surface area (Å²) < 4.78 is 5.56. The minimum absolute atomic E-state index is 0.0707. The number of piperazine rings is 1. The van der Waals surface area contributed by atoms with Crippen LogP contribution in [-0.2, 0) is 9.53 Å². The van der Waals surface area contributed by atoms with Crippen molar-refractivity contribution in [3.63, 3.8) is 0 Å². The summed E-state index contributed by atoms with van der Waals surface area (Å²) in [5.74, 6) is -1.28. The fourth-order valence-corrected chi connectivity index (χ4v) is 4.78. The number of hydrogen-bond donors (Lipinski definition) is 2. The van der Waals surface area contributed by atoms with Crippen molar-refractivity contribution in [2.75, 3.05) is 43.0 Å². The lowest BCUT2D eigenvalue weighted by Gasteiger charge is -2.29. The maximum Gasteiger partial charge on any atom is 0.261 e. The van der Waals surface area contributed by atoms with Gasteiger partial charge in [0.1, 0.15) is 0 Å². The Morgan fingerprint density at radius 3 is 2.68 bits per heavy atom. The topological polar surface area (TPSA) is 108 Å². The number of rotatable bonds is 5. The van der Waals surface area contributed by atoms with Gasteiger partial charge in [-0.15, -0.1) is 0 Å². The number of halogens is 1. The molecular weight excluding hydrogens is 460 g/mol. The minimum atomic E-state index is -0.429. The molecule has 0 bridgehead atoms. The summed E-state index contributed by atoms with van der Waals surface area (Å²) in [6.07, 6.45) is 1.58. The van der Waals surface area contributed by atoms with Crippen LogP contribution >= 0.6 is 11.6 Å². The predicted octanol–water partition coefficient (Wildman–Crippen LogP) is 2.30. The van der Waals surface area contributed by atoms with E-state index in [0.717, 1.165) is 12.8 Å². The molecule has 3 heterocycles. The standard InChI is InChI=1S/C24H23ClN4O5/c25-19-11-15(4-6-20(19)28-8-7-26-21(30)13-28)27-22(31)14-3-5-17-18(10-14)24(33)29(23(17)32)12-16-2-1-9-34-16/h3-6,10-11,16H,1-2,7-9,12-13H2,(H,26,30)(H,27,31). The van der Waals surface area contributed by atoms with Gasteiger partial charge in [-0.25, -0.2) is 0 Å². The third-order valence-corrected chi connectivity index (χ3v) is 6.53. The molecule has 3 aliphatic heterocycles. The Balaban J connectivity index is 1.29. The van der Waals surface area contributed by atoms with E-state index >= 15 is 0 Å². The zero-order valence-electron chi connectivity index (χ0n) is 18.3. The number of benzene rings is 2. The number of carbonyl (C=O) groups is 4. The average Bonchev–Trinajstić information content (AvgIpc) is 3.42. The SMILES string of the molecule is O=C1CN(c2ccc(NC(=O)c3ccc4c(c3)C(=O)N(CC3CCCO3)C4=O)cc2Cl)CCN1. The monoisotopic (exact) mass is 482 g/mol. The summed E-state index contributed by atoms with van der Waals surface area (Å²) in [6, 6.07) is 9.56. The molecule has 2 fully saturated rings. The average molecular weight is 483 g/mol. The van der Waals surface area contributed by atoms with Gasteiger partial charge in [0, 0.05) is 30.9 Å². The highest BCUT2D eigenvalue weighted by Gasteiger charge is 2.38. The number of anilines is 2. The highest BCUT2D eigenvalue weighted by Crippen LogP contribution is 2.30. The Labute approximate surface area is 201 Å². The number of amides is 4. The molecule has 2 N–H and O–H groups in total. The van der Waals surface area contributed by atoms with Crippen LogP contribution in [0.15, 0.2) is 36.4 Å². The molecule has 10 heteroatoms. The highest BCUT2D eigenvalue weighted by molar-refractivity contribution is 6.33. The Hall–Kier alpha value is -3.43. The van der Waals surface area contributed by atoms with Crippen molar-refractivity contribution >= 4 is 46.6 Å². The molecule has 2 saturated heterocycles. The maximum absolute atomic E-state index is 12.9. The van der Waals surface area contributed by atoms with E-state index in [4.69, 9.17) is 16.3 Å². The molecule has 9 nitrogen and oxygen atoms in total. The molecule has 176 valence electrons. The van der Waals surface area contributed by atoms with E-state index in [2.05, 4.69) is 10.6 Å². The highest BCUT2D eigenvalue weighted by atomic mass is 35.5. The second-order valence-corrected chi connectivity index (χ2v) is 8.92. The minimum Gasteiger partial charge on any atom is -0.376 e. The Morgan fingerprint density at radius 1 is 1.12 bits per heavy atom. The molecule has 34 heavy (non-hydrogen) atoms. The third-order valence-electron chi connectivity index (χ3n) is 6.23. The molecule has 0 spiro atoms. The van der Waals surface area contributed by atoms with Crippen LogP contribution in [0, 0.1) is 0 Å². The Kier molecular flexibility index (Phi) is 5.97. The van der Waals surface area contributed by atoms with Crippen LogP contribution in [0.25, 0.3) is 0 Å². The van der Waals surface area contributed by atoms with Crippen LogP contribution < -0.4 is 15.5 Å². The summed E-state index contributed by atoms with van der Waals surface area (Å²) in [5.41, 5.74) is 1.95. The van der Waals surface area contributed by atoms with Crippen molar-refractivity contribution in [3.8, 4) is 0 Å². The van der Waals surface area contributed by atoms with E-state index in [-0.39, 0.29) is 47.7 Å². The van der Waals surface area contributed by atoms with Gasteiger partial charge in [0.15, 0.2) is 0 Å². The molecular formula is C24H23ClN4O5. The van der Waals surface area contributed by atoms with E-state index in [0.29, 0.717) is 36.1 Å². The molecule has 3 aliphatic rings. The smallest absolute Gasteiger partial charge is 0.261 e. The summed E-state index contributed by atoms with van der Waals surface area (Å²) in [6.45, 7) is 2.26. The van der Waals surface area contributed by atoms with Crippen molar-refractivity contribution in [3.05, 3.63) is 58.1 Å². The third kappa shape index (κ3) is 4.24. The van der Waals surface area contributed by atoms with Gasteiger partial charge in [-0.05, 0) is 49.2 Å². The van der Waals surface area contributed by atoms with Gasteiger partial charge in [0.2, 0.25) is 5.91 Å². The summed E-state index contributed by atoms with van der Waals surface area (Å²) in [4.78, 5) is 53.1. The molecule has 1 unspecified atom stereocenters. The van der Waals surface area contributed by atoms with E-state index in [9.17, 15) is 19.2 Å². The lowest BCUT2D eigenvalue weighted by molar-refractivity contribution is -0.120. The van der Waals surface area contributed by atoms with E-state index in [1.165, 1.54) is 23.1 Å². The van der Waals surface area contributed by atoms with Crippen LogP contribution in [0.1, 0.15) is 43.9 Å². The summed E-state index contributed by atoms with van der Waals surface area (Å²) in [5, 5.41) is 5.95. The normalized spacial score (nSPS) is 19.9. The first-order chi connectivity index (χ1) is 16.4. The number of imide groups is 1. The van der Waals surface area contributed by atoms with Crippen LogP contribution in [-0.4, -0.2) is 67.4 Å². The molecule has 4 amide bonds. The molecule has 2 aromatic carbocycles. The molecule has 0 aliphatic carbocycles. The van der Waals surface area contributed by atoms with Crippen molar-refractivity contribution in [2.45, 2.75) is 18.9 Å². The largest absolute Gasteiger partial charge is 0.376 e. The van der Waals surface area contributed by atoms with Crippen LogP contribution in [0.4, 0.5) is 11.4 Å². The first kappa shape index (κ1) is 22.4. The molecule has 1 atom stereocenters. The zero-order valence-corrected chi connectivity index (χ0v) is 19.1. The van der Waals surface area contributed by atoms with Gasteiger partial charge in [0.25, 0.3) is 17.7 Å². The number of ether oxygens (including phenoxy) is 1. The van der Waals surface area contributed by atoms with Gasteiger partial charge in [-0.2, -0.15) is 0 Å². The Bertz CT molecular complexity index is 1190. The quantitative estimate of drug-likeness (QED) is 0.633. The second kappa shape index (κ2) is 9.08. The molecule has 0 saturated carbocycles. The lowest BCUT2D eigenvalue weighted by Crippen LogP contribution is -2.47. The maximum atomic E-state index is 12.9. The van der Waals surface area contributed by atoms with Gasteiger partial charge >= 0.3 is 0 Å². The van der Waals surface area contributed by atoms with Crippen LogP contribution in [0.3, 0.4) is 0 Å². The number of carbonyl (C=O) groups excluding carboxylic acids is 4. The van der Waals surface area contributed by atoms with Crippen LogP contribution in [0.5, 0.6) is 0 Å². The predicted molar refractivity (Wildman–Crippen MR) is 125 cm³/mol. The van der Waals surface area contributed by atoms with Gasteiger partial charge in [-0.3, -0.25) is 24.1 Å². The first-order valence-electron chi connectivity index (χ1n) is 11.1. The van der Waals surface area contributed by atoms with Gasteiger partial charge in [0.05, 0.1) is 41.0 Å². The van der Waals surface area contributed by atoms with Crippen LogP contribution in [0.2, 0.25) is 5.02 Å².